The predicted molar refractivity (Wildman–Crippen MR) is 100 cm³/mol. The summed E-state index contributed by atoms with van der Waals surface area (Å²) in [6.07, 6.45) is 0. The molecule has 2 aromatic heterocycles. The van der Waals surface area contributed by atoms with E-state index >= 15 is 0 Å². The summed E-state index contributed by atoms with van der Waals surface area (Å²) in [6, 6.07) is 9.83. The number of nitrogens with zero attached hydrogens (tertiary/aromatic N) is 1. The number of rotatable bonds is 6. The van der Waals surface area contributed by atoms with Crippen LogP contribution < -0.4 is 5.76 Å². The third-order valence-electron chi connectivity index (χ3n) is 4.01. The zero-order valence-corrected chi connectivity index (χ0v) is 14.9. The molecule has 4 rings (SSSR count). The molecule has 0 bridgehead atoms. The summed E-state index contributed by atoms with van der Waals surface area (Å²) in [5.41, 5.74) is 4.07. The minimum atomic E-state index is -0.500. The molecule has 0 amide bonds. The normalized spacial score (nSPS) is 11.3. The Morgan fingerprint density at radius 1 is 1.26 bits per heavy atom. The van der Waals surface area contributed by atoms with Crippen LogP contribution >= 0.6 is 11.3 Å². The van der Waals surface area contributed by atoms with Crippen molar-refractivity contribution in [2.24, 2.45) is 0 Å². The lowest BCUT2D eigenvalue weighted by Gasteiger charge is -2.08. The second-order valence-electron chi connectivity index (χ2n) is 5.84. The Bertz CT molecular complexity index is 1150. The minimum Gasteiger partial charge on any atom is -0.408 e. The summed E-state index contributed by atoms with van der Waals surface area (Å²) in [5, 5.41) is 11.5. The van der Waals surface area contributed by atoms with Gasteiger partial charge >= 0.3 is 5.76 Å². The van der Waals surface area contributed by atoms with Gasteiger partial charge in [0, 0.05) is 16.5 Å². The van der Waals surface area contributed by atoms with E-state index in [4.69, 9.17) is 14.3 Å². The summed E-state index contributed by atoms with van der Waals surface area (Å²) in [7, 11) is 0. The van der Waals surface area contributed by atoms with Crippen molar-refractivity contribution in [2.45, 2.75) is 6.61 Å². The topological polar surface area (TPSA) is 88.4 Å². The SMILES string of the molecule is O=c1[nH]c2ccc(-c3csc(-c4ccc(F)cc4COCCO)n3)cc2o1. The van der Waals surface area contributed by atoms with E-state index < -0.39 is 5.76 Å². The molecular weight excluding hydrogens is 371 g/mol. The van der Waals surface area contributed by atoms with Crippen molar-refractivity contribution in [3.8, 4) is 21.8 Å². The molecule has 27 heavy (non-hydrogen) atoms. The molecule has 0 aliphatic rings. The average Bonchev–Trinajstić information content (AvgIpc) is 3.27. The van der Waals surface area contributed by atoms with Gasteiger partial charge in [0.2, 0.25) is 0 Å². The first kappa shape index (κ1) is 17.6. The number of aromatic amines is 1. The first-order valence-electron chi connectivity index (χ1n) is 8.20. The summed E-state index contributed by atoms with van der Waals surface area (Å²) >= 11 is 1.43. The number of halogens is 1. The average molecular weight is 386 g/mol. The molecule has 0 atom stereocenters. The summed E-state index contributed by atoms with van der Waals surface area (Å²) in [5.74, 6) is -0.856. The van der Waals surface area contributed by atoms with Gasteiger partial charge in [-0.25, -0.2) is 14.2 Å². The Balaban J connectivity index is 1.68. The Morgan fingerprint density at radius 3 is 3.00 bits per heavy atom. The van der Waals surface area contributed by atoms with Gasteiger partial charge in [0.1, 0.15) is 10.8 Å². The Kier molecular flexibility index (Phi) is 4.85. The van der Waals surface area contributed by atoms with Crippen molar-refractivity contribution < 1.29 is 18.7 Å². The molecule has 6 nitrogen and oxygen atoms in total. The lowest BCUT2D eigenvalue weighted by Crippen LogP contribution is -2.01. The van der Waals surface area contributed by atoms with Gasteiger partial charge in [-0.05, 0) is 35.9 Å². The fourth-order valence-electron chi connectivity index (χ4n) is 2.77. The Morgan fingerprint density at radius 2 is 2.15 bits per heavy atom. The van der Waals surface area contributed by atoms with Gasteiger partial charge in [0.05, 0.1) is 31.0 Å². The number of fused-ring (bicyclic) bond motifs is 1. The maximum atomic E-state index is 13.6. The smallest absolute Gasteiger partial charge is 0.408 e. The summed E-state index contributed by atoms with van der Waals surface area (Å²) in [4.78, 5) is 18.5. The zero-order chi connectivity index (χ0) is 18.8. The van der Waals surface area contributed by atoms with E-state index in [9.17, 15) is 9.18 Å². The van der Waals surface area contributed by atoms with Gasteiger partial charge < -0.3 is 14.3 Å². The lowest BCUT2D eigenvalue weighted by atomic mass is 10.1. The van der Waals surface area contributed by atoms with E-state index in [1.54, 1.807) is 18.2 Å². The highest BCUT2D eigenvalue weighted by Gasteiger charge is 2.13. The minimum absolute atomic E-state index is 0.0934. The number of hydrogen-bond acceptors (Lipinski definition) is 6. The number of oxazole rings is 1. The number of ether oxygens (including phenoxy) is 1. The lowest BCUT2D eigenvalue weighted by molar-refractivity contribution is 0.0816. The highest BCUT2D eigenvalue weighted by atomic mass is 32.1. The number of aliphatic hydroxyl groups is 1. The van der Waals surface area contributed by atoms with E-state index in [0.717, 1.165) is 21.8 Å². The van der Waals surface area contributed by atoms with Gasteiger partial charge in [-0.15, -0.1) is 11.3 Å². The molecule has 2 aromatic carbocycles. The third kappa shape index (κ3) is 3.68. The highest BCUT2D eigenvalue weighted by Crippen LogP contribution is 2.32. The van der Waals surface area contributed by atoms with Gasteiger partial charge in [-0.3, -0.25) is 4.98 Å². The van der Waals surface area contributed by atoms with Crippen LogP contribution in [0, 0.1) is 5.82 Å². The van der Waals surface area contributed by atoms with Crippen LogP contribution in [0.1, 0.15) is 5.56 Å². The van der Waals surface area contributed by atoms with Gasteiger partial charge in [-0.1, -0.05) is 6.07 Å². The van der Waals surface area contributed by atoms with Crippen molar-refractivity contribution in [3.63, 3.8) is 0 Å². The van der Waals surface area contributed by atoms with Crippen molar-refractivity contribution in [2.75, 3.05) is 13.2 Å². The maximum Gasteiger partial charge on any atom is 0.417 e. The van der Waals surface area contributed by atoms with Crippen LogP contribution in [0.5, 0.6) is 0 Å². The predicted octanol–water partition coefficient (Wildman–Crippen LogP) is 3.56. The van der Waals surface area contributed by atoms with E-state index in [1.165, 1.54) is 23.5 Å². The fourth-order valence-corrected chi connectivity index (χ4v) is 3.66. The van der Waals surface area contributed by atoms with E-state index in [2.05, 4.69) is 9.97 Å². The molecule has 0 spiro atoms. The van der Waals surface area contributed by atoms with Crippen molar-refractivity contribution >= 4 is 22.4 Å². The van der Waals surface area contributed by atoms with Crippen LogP contribution in [-0.4, -0.2) is 28.3 Å². The highest BCUT2D eigenvalue weighted by molar-refractivity contribution is 7.13. The summed E-state index contributed by atoms with van der Waals surface area (Å²) < 4.78 is 24.1. The number of nitrogens with one attached hydrogen (secondary N) is 1. The molecule has 0 unspecified atom stereocenters. The maximum absolute atomic E-state index is 13.6. The molecular formula is C19H15FN2O4S. The summed E-state index contributed by atoms with van der Waals surface area (Å²) in [6.45, 7) is 0.272. The quantitative estimate of drug-likeness (QED) is 0.495. The molecule has 8 heteroatoms. The van der Waals surface area contributed by atoms with Crippen molar-refractivity contribution in [1.29, 1.82) is 0 Å². The molecule has 0 aliphatic carbocycles. The molecule has 0 radical (unpaired) electrons. The Labute approximate surface area is 156 Å². The monoisotopic (exact) mass is 386 g/mol. The number of thiazole rings is 1. The van der Waals surface area contributed by atoms with Gasteiger partial charge in [0.25, 0.3) is 0 Å². The second kappa shape index (κ2) is 7.43. The molecule has 0 saturated heterocycles. The van der Waals surface area contributed by atoms with Crippen molar-refractivity contribution in [3.05, 3.63) is 63.7 Å². The van der Waals surface area contributed by atoms with Crippen LogP contribution in [0.3, 0.4) is 0 Å². The number of H-pyrrole nitrogens is 1. The molecule has 0 saturated carbocycles. The molecule has 0 aliphatic heterocycles. The standard InChI is InChI=1S/C19H15FN2O4S/c20-13-2-3-14(12(7-13)9-25-6-5-23)18-21-16(10-27-18)11-1-4-15-17(8-11)26-19(24)22-15/h1-4,7-8,10,23H,5-6,9H2,(H,22,24). The van der Waals surface area contributed by atoms with E-state index in [-0.39, 0.29) is 25.6 Å². The molecule has 4 aromatic rings. The molecule has 2 heterocycles. The molecule has 2 N–H and O–H groups in total. The Hall–Kier alpha value is -2.81. The van der Waals surface area contributed by atoms with Gasteiger partial charge in [-0.2, -0.15) is 0 Å². The van der Waals surface area contributed by atoms with Crippen LogP contribution in [0.15, 0.2) is 51.0 Å². The fraction of sp³-hybridized carbons (Fsp3) is 0.158. The molecule has 138 valence electrons. The van der Waals surface area contributed by atoms with Crippen LogP contribution in [-0.2, 0) is 11.3 Å². The van der Waals surface area contributed by atoms with Crippen LogP contribution in [0.4, 0.5) is 4.39 Å². The van der Waals surface area contributed by atoms with Gasteiger partial charge in [0.15, 0.2) is 5.58 Å². The van der Waals surface area contributed by atoms with E-state index in [0.29, 0.717) is 16.7 Å². The molecule has 0 fully saturated rings. The first-order valence-corrected chi connectivity index (χ1v) is 9.08. The second-order valence-corrected chi connectivity index (χ2v) is 6.70. The number of benzene rings is 2. The zero-order valence-electron chi connectivity index (χ0n) is 14.1. The number of aromatic nitrogens is 2. The number of aliphatic hydroxyl groups excluding tert-OH is 1. The van der Waals surface area contributed by atoms with Crippen molar-refractivity contribution in [1.82, 2.24) is 9.97 Å². The first-order chi connectivity index (χ1) is 13.1. The third-order valence-corrected chi connectivity index (χ3v) is 4.89. The largest absolute Gasteiger partial charge is 0.417 e. The van der Waals surface area contributed by atoms with E-state index in [1.807, 2.05) is 11.4 Å². The van der Waals surface area contributed by atoms with Crippen LogP contribution in [0.25, 0.3) is 32.9 Å². The number of hydrogen-bond donors (Lipinski definition) is 2. The van der Waals surface area contributed by atoms with Crippen LogP contribution in [0.2, 0.25) is 0 Å².